The molecule has 0 aromatic carbocycles. The molecule has 0 saturated carbocycles. The lowest BCUT2D eigenvalue weighted by molar-refractivity contribution is -0.143. The van der Waals surface area contributed by atoms with Gasteiger partial charge in [-0.15, -0.1) is 0 Å². The SMILES string of the molecule is CCOC(=O)CCN(CP(=O)(CCC(=O)O[Si](C)(C)C)O[Si](C)(C)C)C(=O)OCC. The number of rotatable bonds is 13. The van der Waals surface area contributed by atoms with E-state index in [4.69, 9.17) is 18.1 Å². The predicted octanol–water partition coefficient (Wildman–Crippen LogP) is 4.25. The minimum atomic E-state index is -3.42. The van der Waals surface area contributed by atoms with Gasteiger partial charge in [0, 0.05) is 12.7 Å². The first-order chi connectivity index (χ1) is 13.6. The number of hydrogen-bond donors (Lipinski definition) is 0. The fourth-order valence-corrected chi connectivity index (χ4v) is 9.27. The third kappa shape index (κ3) is 13.9. The topological polar surface area (TPSA) is 108 Å². The van der Waals surface area contributed by atoms with E-state index in [1.807, 2.05) is 39.3 Å². The van der Waals surface area contributed by atoms with Crippen molar-refractivity contribution in [2.75, 3.05) is 32.2 Å². The van der Waals surface area contributed by atoms with Gasteiger partial charge in [0.1, 0.15) is 0 Å². The van der Waals surface area contributed by atoms with Crippen molar-refractivity contribution in [2.24, 2.45) is 0 Å². The van der Waals surface area contributed by atoms with Gasteiger partial charge in [-0.25, -0.2) is 4.79 Å². The van der Waals surface area contributed by atoms with Crippen LogP contribution in [0.4, 0.5) is 4.79 Å². The van der Waals surface area contributed by atoms with Crippen LogP contribution < -0.4 is 0 Å². The average Bonchev–Trinajstić information content (AvgIpc) is 2.54. The Hall–Kier alpha value is -1.17. The minimum absolute atomic E-state index is 0.0178. The fraction of sp³-hybridized carbons (Fsp3) is 0.833. The minimum Gasteiger partial charge on any atom is -0.520 e. The molecule has 0 bridgehead atoms. The molecule has 9 nitrogen and oxygen atoms in total. The Morgan fingerprint density at radius 1 is 0.833 bits per heavy atom. The molecule has 0 aliphatic rings. The zero-order valence-corrected chi connectivity index (χ0v) is 22.5. The summed E-state index contributed by atoms with van der Waals surface area (Å²) in [5, 5.41) is 0. The van der Waals surface area contributed by atoms with Crippen LogP contribution in [-0.2, 0) is 32.3 Å². The molecule has 1 unspecified atom stereocenters. The Morgan fingerprint density at radius 3 is 1.87 bits per heavy atom. The lowest BCUT2D eigenvalue weighted by Crippen LogP contribution is -2.37. The molecule has 0 radical (unpaired) electrons. The molecule has 0 fully saturated rings. The molecule has 0 N–H and O–H groups in total. The third-order valence-corrected chi connectivity index (χ3v) is 9.36. The first-order valence-electron chi connectivity index (χ1n) is 10.2. The predicted molar refractivity (Wildman–Crippen MR) is 121 cm³/mol. The van der Waals surface area contributed by atoms with Gasteiger partial charge in [-0.05, 0) is 53.1 Å². The lowest BCUT2D eigenvalue weighted by atomic mass is 10.4. The van der Waals surface area contributed by atoms with E-state index in [0.717, 1.165) is 0 Å². The van der Waals surface area contributed by atoms with Crippen molar-refractivity contribution in [1.82, 2.24) is 4.90 Å². The lowest BCUT2D eigenvalue weighted by Gasteiger charge is -2.31. The molecular weight excluding hydrogens is 445 g/mol. The average molecular weight is 484 g/mol. The molecule has 1 atom stereocenters. The van der Waals surface area contributed by atoms with Gasteiger partial charge in [0.25, 0.3) is 5.97 Å². The Kier molecular flexibility index (Phi) is 12.1. The summed E-state index contributed by atoms with van der Waals surface area (Å²) in [6.45, 7) is 15.0. The van der Waals surface area contributed by atoms with E-state index in [9.17, 15) is 18.9 Å². The second-order valence-electron chi connectivity index (χ2n) is 8.74. The fourth-order valence-electron chi connectivity index (χ4n) is 2.45. The van der Waals surface area contributed by atoms with Gasteiger partial charge in [-0.1, -0.05) is 0 Å². The van der Waals surface area contributed by atoms with Crippen LogP contribution in [0.2, 0.25) is 39.3 Å². The number of nitrogens with zero attached hydrogens (tertiary/aromatic N) is 1. The smallest absolute Gasteiger partial charge is 0.410 e. The van der Waals surface area contributed by atoms with Gasteiger partial charge in [-0.3, -0.25) is 19.1 Å². The van der Waals surface area contributed by atoms with E-state index in [0.29, 0.717) is 0 Å². The number of carbonyl (C=O) groups excluding carboxylic acids is 3. The molecule has 0 spiro atoms. The van der Waals surface area contributed by atoms with Gasteiger partial charge >= 0.3 is 12.1 Å². The highest BCUT2D eigenvalue weighted by Crippen LogP contribution is 2.50. The standard InChI is InChI=1S/C18H38NO8PSi2/c1-9-24-16(20)11-13-19(18(22)25-10-2)15-28(23,27-30(6,7)8)14-12-17(21)26-29(3,4)5/h9-15H2,1-8H3. The summed E-state index contributed by atoms with van der Waals surface area (Å²) in [5.74, 6) is -0.894. The second-order valence-corrected chi connectivity index (χ2v) is 20.5. The van der Waals surface area contributed by atoms with Crippen LogP contribution in [0, 0.1) is 0 Å². The number of hydrogen-bond acceptors (Lipinski definition) is 8. The van der Waals surface area contributed by atoms with Crippen molar-refractivity contribution in [3.8, 4) is 0 Å². The van der Waals surface area contributed by atoms with Gasteiger partial charge in [0.2, 0.25) is 15.7 Å². The molecular formula is C18H38NO8PSi2. The van der Waals surface area contributed by atoms with Crippen molar-refractivity contribution in [3.63, 3.8) is 0 Å². The van der Waals surface area contributed by atoms with Crippen LogP contribution in [0.3, 0.4) is 0 Å². The van der Waals surface area contributed by atoms with Crippen molar-refractivity contribution >= 4 is 42.0 Å². The van der Waals surface area contributed by atoms with Crippen molar-refractivity contribution in [2.45, 2.75) is 66.0 Å². The first-order valence-corrected chi connectivity index (χ1v) is 19.0. The summed E-state index contributed by atoms with van der Waals surface area (Å²) >= 11 is 0. The van der Waals surface area contributed by atoms with Crippen molar-refractivity contribution < 1.29 is 37.1 Å². The first kappa shape index (κ1) is 28.8. The third-order valence-electron chi connectivity index (χ3n) is 3.32. The number of esters is 1. The molecule has 0 aromatic heterocycles. The maximum absolute atomic E-state index is 13.6. The Labute approximate surface area is 182 Å². The van der Waals surface area contributed by atoms with Crippen LogP contribution >= 0.6 is 7.37 Å². The molecule has 1 amide bonds. The van der Waals surface area contributed by atoms with Gasteiger partial charge in [0.05, 0.1) is 32.3 Å². The highest BCUT2D eigenvalue weighted by molar-refractivity contribution is 7.60. The van der Waals surface area contributed by atoms with E-state index < -0.39 is 42.0 Å². The maximum Gasteiger partial charge on any atom is 0.410 e. The molecule has 12 heteroatoms. The number of amides is 1. The Morgan fingerprint density at radius 2 is 1.40 bits per heavy atom. The maximum atomic E-state index is 13.6. The van der Waals surface area contributed by atoms with E-state index in [2.05, 4.69) is 0 Å². The quantitative estimate of drug-likeness (QED) is 0.217. The zero-order valence-electron chi connectivity index (χ0n) is 19.6. The molecule has 0 rings (SSSR count). The summed E-state index contributed by atoms with van der Waals surface area (Å²) < 4.78 is 35.0. The number of carbonyl (C=O) groups is 3. The Bertz CT molecular complexity index is 631. The van der Waals surface area contributed by atoms with Crippen LogP contribution in [0.15, 0.2) is 0 Å². The molecule has 0 heterocycles. The normalized spacial score (nSPS) is 13.9. The van der Waals surface area contributed by atoms with Crippen molar-refractivity contribution in [1.29, 1.82) is 0 Å². The van der Waals surface area contributed by atoms with E-state index in [1.165, 1.54) is 4.90 Å². The molecule has 176 valence electrons. The van der Waals surface area contributed by atoms with Crippen LogP contribution in [-0.4, -0.2) is 71.8 Å². The van der Waals surface area contributed by atoms with E-state index >= 15 is 0 Å². The summed E-state index contributed by atoms with van der Waals surface area (Å²) in [6, 6.07) is 0. The molecule has 30 heavy (non-hydrogen) atoms. The highest BCUT2D eigenvalue weighted by Gasteiger charge is 2.35. The van der Waals surface area contributed by atoms with E-state index in [-0.39, 0.29) is 45.0 Å². The highest BCUT2D eigenvalue weighted by atomic mass is 31.2. The largest absolute Gasteiger partial charge is 0.520 e. The van der Waals surface area contributed by atoms with Crippen molar-refractivity contribution in [3.05, 3.63) is 0 Å². The molecule has 0 aliphatic heterocycles. The Balaban J connectivity index is 5.44. The van der Waals surface area contributed by atoms with Crippen LogP contribution in [0.1, 0.15) is 26.7 Å². The second kappa shape index (κ2) is 12.6. The molecule has 0 saturated heterocycles. The van der Waals surface area contributed by atoms with Crippen LogP contribution in [0.25, 0.3) is 0 Å². The van der Waals surface area contributed by atoms with E-state index in [1.54, 1.807) is 13.8 Å². The number of ether oxygens (including phenoxy) is 2. The summed E-state index contributed by atoms with van der Waals surface area (Å²) in [5.41, 5.74) is 0. The van der Waals surface area contributed by atoms with Gasteiger partial charge in [-0.2, -0.15) is 0 Å². The summed E-state index contributed by atoms with van der Waals surface area (Å²) in [6.07, 6.45) is -1.10. The zero-order chi connectivity index (χ0) is 23.6. The summed E-state index contributed by atoms with van der Waals surface area (Å²) in [4.78, 5) is 37.5. The summed E-state index contributed by atoms with van der Waals surface area (Å²) in [7, 11) is -7.75. The van der Waals surface area contributed by atoms with Gasteiger partial charge < -0.3 is 18.1 Å². The molecule has 0 aromatic rings. The monoisotopic (exact) mass is 483 g/mol. The van der Waals surface area contributed by atoms with Gasteiger partial charge in [0.15, 0.2) is 8.32 Å². The molecule has 0 aliphatic carbocycles. The van der Waals surface area contributed by atoms with Crippen LogP contribution in [0.5, 0.6) is 0 Å².